The molecule has 0 bridgehead atoms. The molecule has 0 unspecified atom stereocenters. The maximum Gasteiger partial charge on any atom is 0.534 e. The Balaban J connectivity index is 1.58. The minimum absolute atomic E-state index is 0.417. The number of hydrogen-bond donors (Lipinski definition) is 0. The maximum atomic E-state index is 12.9. The van der Waals surface area contributed by atoms with E-state index in [-0.39, 0.29) is 0 Å². The van der Waals surface area contributed by atoms with E-state index in [1.807, 2.05) is 77.4 Å². The molecular formula is C29H18F3NO3S. The molecule has 5 aromatic carbocycles. The predicted octanol–water partition coefficient (Wildman–Crippen LogP) is 7.83. The van der Waals surface area contributed by atoms with Crippen LogP contribution in [0, 0.1) is 0 Å². The number of aromatic nitrogens is 1. The second kappa shape index (κ2) is 8.38. The van der Waals surface area contributed by atoms with Crippen LogP contribution in [0.2, 0.25) is 0 Å². The maximum absolute atomic E-state index is 12.9. The predicted molar refractivity (Wildman–Crippen MR) is 139 cm³/mol. The molecule has 4 nitrogen and oxygen atoms in total. The van der Waals surface area contributed by atoms with Crippen LogP contribution >= 0.6 is 0 Å². The Hall–Kier alpha value is -4.30. The fourth-order valence-electron chi connectivity index (χ4n) is 4.63. The summed E-state index contributed by atoms with van der Waals surface area (Å²) in [6, 6.07) is 33.8. The van der Waals surface area contributed by atoms with Crippen LogP contribution in [-0.4, -0.2) is 18.5 Å². The van der Waals surface area contributed by atoms with Crippen LogP contribution in [0.5, 0.6) is 5.75 Å². The molecule has 0 aliphatic heterocycles. The highest BCUT2D eigenvalue weighted by atomic mass is 32.2. The quantitative estimate of drug-likeness (QED) is 0.177. The zero-order valence-electron chi connectivity index (χ0n) is 19.1. The number of fused-ring (bicyclic) bond motifs is 4. The molecule has 0 fully saturated rings. The zero-order chi connectivity index (χ0) is 25.8. The van der Waals surface area contributed by atoms with Gasteiger partial charge >= 0.3 is 15.6 Å². The fraction of sp³-hybridized carbons (Fsp3) is 0.0345. The van der Waals surface area contributed by atoms with Crippen molar-refractivity contribution in [2.45, 2.75) is 5.51 Å². The number of nitrogens with zero attached hydrogens (tertiary/aromatic N) is 1. The highest BCUT2D eigenvalue weighted by Crippen LogP contribution is 2.38. The number of hydrogen-bond acceptors (Lipinski definition) is 3. The zero-order valence-corrected chi connectivity index (χ0v) is 19.9. The molecule has 0 N–H and O–H groups in total. The van der Waals surface area contributed by atoms with Crippen LogP contribution in [0.25, 0.3) is 49.4 Å². The summed E-state index contributed by atoms with van der Waals surface area (Å²) in [4.78, 5) is 0. The van der Waals surface area contributed by atoms with Crippen molar-refractivity contribution in [2.24, 2.45) is 0 Å². The third-order valence-electron chi connectivity index (χ3n) is 6.33. The topological polar surface area (TPSA) is 48.3 Å². The van der Waals surface area contributed by atoms with Crippen LogP contribution in [0.1, 0.15) is 0 Å². The van der Waals surface area contributed by atoms with Gasteiger partial charge in [0.2, 0.25) is 0 Å². The highest BCUT2D eigenvalue weighted by Gasteiger charge is 2.48. The largest absolute Gasteiger partial charge is 0.534 e. The minimum Gasteiger partial charge on any atom is -0.376 e. The molecular weight excluding hydrogens is 499 g/mol. The van der Waals surface area contributed by atoms with Crippen molar-refractivity contribution in [3.63, 3.8) is 0 Å². The summed E-state index contributed by atoms with van der Waals surface area (Å²) in [5, 5.41) is 3.86. The fourth-order valence-corrected chi connectivity index (χ4v) is 5.08. The molecule has 37 heavy (non-hydrogen) atoms. The van der Waals surface area contributed by atoms with Crippen molar-refractivity contribution >= 4 is 42.7 Å². The molecule has 0 atom stereocenters. The van der Waals surface area contributed by atoms with E-state index in [0.717, 1.165) is 43.9 Å². The van der Waals surface area contributed by atoms with Gasteiger partial charge in [-0.05, 0) is 58.3 Å². The summed E-state index contributed by atoms with van der Waals surface area (Å²) in [6.45, 7) is 0. The average Bonchev–Trinajstić information content (AvgIpc) is 3.20. The number of alkyl halides is 3. The summed E-state index contributed by atoms with van der Waals surface area (Å²) in [5.74, 6) is -0.417. The molecule has 6 aromatic rings. The summed E-state index contributed by atoms with van der Waals surface area (Å²) in [5.41, 5.74) is -1.42. The van der Waals surface area contributed by atoms with Gasteiger partial charge < -0.3 is 8.75 Å². The molecule has 0 saturated heterocycles. The molecule has 184 valence electrons. The number of rotatable bonds is 4. The Morgan fingerprint density at radius 2 is 1.22 bits per heavy atom. The van der Waals surface area contributed by atoms with E-state index in [2.05, 4.69) is 22.4 Å². The Morgan fingerprint density at radius 1 is 0.622 bits per heavy atom. The van der Waals surface area contributed by atoms with Crippen molar-refractivity contribution in [3.05, 3.63) is 109 Å². The van der Waals surface area contributed by atoms with Gasteiger partial charge in [0, 0.05) is 22.5 Å². The first-order valence-electron chi connectivity index (χ1n) is 11.3. The van der Waals surface area contributed by atoms with E-state index >= 15 is 0 Å². The second-order valence-corrected chi connectivity index (χ2v) is 10.2. The van der Waals surface area contributed by atoms with Gasteiger partial charge in [0.15, 0.2) is 0 Å². The first-order valence-corrected chi connectivity index (χ1v) is 12.8. The summed E-state index contributed by atoms with van der Waals surface area (Å²) < 4.78 is 68.4. The van der Waals surface area contributed by atoms with Crippen LogP contribution in [0.3, 0.4) is 0 Å². The standard InChI is InChI=1S/C29H18F3NO3S/c30-29(31,32)37(34,35)36-24-13-15-26-25-14-12-22(21-11-10-19-6-4-5-7-20(19)16-21)17-27(25)33(28(26)18-24)23-8-2-1-3-9-23/h1-18H. The second-order valence-electron chi connectivity index (χ2n) is 8.63. The van der Waals surface area contributed by atoms with E-state index in [1.165, 1.54) is 12.1 Å². The third kappa shape index (κ3) is 3.99. The molecule has 0 spiro atoms. The summed E-state index contributed by atoms with van der Waals surface area (Å²) in [6.07, 6.45) is 0. The Bertz CT molecular complexity index is 1910. The van der Waals surface area contributed by atoms with Crippen LogP contribution < -0.4 is 4.18 Å². The monoisotopic (exact) mass is 517 g/mol. The number of para-hydroxylation sites is 1. The lowest BCUT2D eigenvalue weighted by molar-refractivity contribution is -0.0500. The van der Waals surface area contributed by atoms with Crippen LogP contribution in [-0.2, 0) is 10.1 Å². The summed E-state index contributed by atoms with van der Waals surface area (Å²) >= 11 is 0. The van der Waals surface area contributed by atoms with Crippen molar-refractivity contribution < 1.29 is 25.8 Å². The van der Waals surface area contributed by atoms with E-state index < -0.39 is 21.4 Å². The van der Waals surface area contributed by atoms with Crippen LogP contribution in [0.15, 0.2) is 109 Å². The molecule has 0 radical (unpaired) electrons. The SMILES string of the molecule is O=S(=O)(Oc1ccc2c3ccc(-c4ccc5ccccc5c4)cc3n(-c3ccccc3)c2c1)C(F)(F)F. The van der Waals surface area contributed by atoms with Crippen molar-refractivity contribution in [2.75, 3.05) is 0 Å². The van der Waals surface area contributed by atoms with Gasteiger partial charge in [0.05, 0.1) is 11.0 Å². The van der Waals surface area contributed by atoms with Crippen LogP contribution in [0.4, 0.5) is 13.2 Å². The molecule has 0 aliphatic carbocycles. The number of halogens is 3. The average molecular weight is 518 g/mol. The highest BCUT2D eigenvalue weighted by molar-refractivity contribution is 7.88. The molecule has 0 saturated carbocycles. The number of benzene rings is 5. The van der Waals surface area contributed by atoms with E-state index in [0.29, 0.717) is 5.52 Å². The van der Waals surface area contributed by atoms with E-state index in [9.17, 15) is 21.6 Å². The van der Waals surface area contributed by atoms with Gasteiger partial charge in [-0.25, -0.2) is 0 Å². The lowest BCUT2D eigenvalue weighted by atomic mass is 10.00. The Kier molecular flexibility index (Phi) is 5.24. The third-order valence-corrected chi connectivity index (χ3v) is 7.30. The lowest BCUT2D eigenvalue weighted by Crippen LogP contribution is -2.28. The van der Waals surface area contributed by atoms with Gasteiger partial charge in [0.1, 0.15) is 5.75 Å². The molecule has 1 aromatic heterocycles. The normalized spacial score (nSPS) is 12.4. The van der Waals surface area contributed by atoms with Gasteiger partial charge in [-0.15, -0.1) is 0 Å². The van der Waals surface area contributed by atoms with Crippen molar-refractivity contribution in [1.29, 1.82) is 0 Å². The minimum atomic E-state index is -5.80. The first-order chi connectivity index (χ1) is 17.7. The Morgan fingerprint density at radius 3 is 1.95 bits per heavy atom. The van der Waals surface area contributed by atoms with Crippen molar-refractivity contribution in [3.8, 4) is 22.6 Å². The Labute approximate surface area is 210 Å². The molecule has 0 amide bonds. The summed E-state index contributed by atoms with van der Waals surface area (Å²) in [7, 11) is -5.80. The van der Waals surface area contributed by atoms with Gasteiger partial charge in [-0.3, -0.25) is 0 Å². The van der Waals surface area contributed by atoms with E-state index in [4.69, 9.17) is 0 Å². The van der Waals surface area contributed by atoms with E-state index in [1.54, 1.807) is 6.07 Å². The van der Waals surface area contributed by atoms with Gasteiger partial charge in [-0.1, -0.05) is 66.7 Å². The molecule has 8 heteroatoms. The smallest absolute Gasteiger partial charge is 0.376 e. The lowest BCUT2D eigenvalue weighted by Gasteiger charge is -2.11. The first kappa shape index (κ1) is 23.1. The van der Waals surface area contributed by atoms with Crippen molar-refractivity contribution in [1.82, 2.24) is 4.57 Å². The van der Waals surface area contributed by atoms with Gasteiger partial charge in [-0.2, -0.15) is 21.6 Å². The molecule has 1 heterocycles. The molecule has 6 rings (SSSR count). The molecule has 0 aliphatic rings. The van der Waals surface area contributed by atoms with Gasteiger partial charge in [0.25, 0.3) is 0 Å².